The van der Waals surface area contributed by atoms with Gasteiger partial charge in [-0.25, -0.2) is 0 Å². The van der Waals surface area contributed by atoms with Crippen LogP contribution < -0.4 is 10.6 Å². The molecule has 0 saturated carbocycles. The molecule has 0 radical (unpaired) electrons. The van der Waals surface area contributed by atoms with Gasteiger partial charge in [0.1, 0.15) is 5.82 Å². The lowest BCUT2D eigenvalue weighted by molar-refractivity contribution is -0.115. The van der Waals surface area contributed by atoms with Crippen LogP contribution in [0, 0.1) is 0 Å². The van der Waals surface area contributed by atoms with Crippen LogP contribution in [0.2, 0.25) is 0 Å². The number of anilines is 2. The molecule has 106 valence electrons. The number of nitrogens with one attached hydrogen (secondary N) is 2. The third-order valence-corrected chi connectivity index (χ3v) is 3.56. The van der Waals surface area contributed by atoms with Gasteiger partial charge in [-0.05, 0) is 30.0 Å². The number of aromatic nitrogens is 2. The number of unbranched alkanes of at least 4 members (excludes halogenated alkanes) is 1. The fourth-order valence-electron chi connectivity index (χ4n) is 1.64. The van der Waals surface area contributed by atoms with E-state index in [2.05, 4.69) is 27.8 Å². The second-order valence-electron chi connectivity index (χ2n) is 4.39. The van der Waals surface area contributed by atoms with Crippen molar-refractivity contribution in [1.82, 2.24) is 10.2 Å². The minimum Gasteiger partial charge on any atom is -0.369 e. The maximum atomic E-state index is 11.8. The van der Waals surface area contributed by atoms with E-state index in [0.29, 0.717) is 12.2 Å². The first kappa shape index (κ1) is 14.5. The predicted molar refractivity (Wildman–Crippen MR) is 82.1 cm³/mol. The fourth-order valence-corrected chi connectivity index (χ4v) is 2.35. The number of nitrogens with zero attached hydrogens (tertiary/aromatic N) is 2. The normalized spacial score (nSPS) is 10.2. The summed E-state index contributed by atoms with van der Waals surface area (Å²) < 4.78 is 0. The Bertz CT molecular complexity index is 525. The van der Waals surface area contributed by atoms with Crippen molar-refractivity contribution in [3.05, 3.63) is 34.5 Å². The number of rotatable bonds is 7. The summed E-state index contributed by atoms with van der Waals surface area (Å²) in [7, 11) is 0. The number of hydrogen-bond acceptors (Lipinski definition) is 5. The fraction of sp³-hybridized carbons (Fsp3) is 0.357. The van der Waals surface area contributed by atoms with Crippen LogP contribution in [0.1, 0.15) is 24.6 Å². The first-order valence-electron chi connectivity index (χ1n) is 6.67. The summed E-state index contributed by atoms with van der Waals surface area (Å²) in [6.45, 7) is 3.02. The van der Waals surface area contributed by atoms with Gasteiger partial charge in [0.15, 0.2) is 5.82 Å². The summed E-state index contributed by atoms with van der Waals surface area (Å²) >= 11 is 1.57. The Balaban J connectivity index is 1.82. The van der Waals surface area contributed by atoms with E-state index in [-0.39, 0.29) is 5.91 Å². The van der Waals surface area contributed by atoms with E-state index in [1.54, 1.807) is 17.4 Å². The highest BCUT2D eigenvalue weighted by molar-refractivity contribution is 7.10. The number of amides is 1. The molecule has 0 atom stereocenters. The molecule has 0 unspecified atom stereocenters. The number of hydrogen-bond donors (Lipinski definition) is 2. The quantitative estimate of drug-likeness (QED) is 0.769. The van der Waals surface area contributed by atoms with Gasteiger partial charge in [0.05, 0.1) is 6.42 Å². The first-order chi connectivity index (χ1) is 9.78. The van der Waals surface area contributed by atoms with Crippen LogP contribution in [0.3, 0.4) is 0 Å². The van der Waals surface area contributed by atoms with Crippen LogP contribution in [-0.2, 0) is 11.2 Å². The lowest BCUT2D eigenvalue weighted by atomic mass is 10.3. The maximum Gasteiger partial charge on any atom is 0.230 e. The van der Waals surface area contributed by atoms with Crippen molar-refractivity contribution in [2.45, 2.75) is 26.2 Å². The molecule has 0 aliphatic carbocycles. The summed E-state index contributed by atoms with van der Waals surface area (Å²) in [5.41, 5.74) is 0. The highest BCUT2D eigenvalue weighted by atomic mass is 32.1. The smallest absolute Gasteiger partial charge is 0.230 e. The highest BCUT2D eigenvalue weighted by Crippen LogP contribution is 2.11. The third kappa shape index (κ3) is 4.62. The largest absolute Gasteiger partial charge is 0.369 e. The Kier molecular flexibility index (Phi) is 5.49. The molecule has 2 aromatic rings. The van der Waals surface area contributed by atoms with Crippen molar-refractivity contribution < 1.29 is 4.79 Å². The molecule has 2 aromatic heterocycles. The molecular weight excluding hydrogens is 272 g/mol. The Hall–Kier alpha value is -1.95. The molecule has 0 fully saturated rings. The first-order valence-corrected chi connectivity index (χ1v) is 7.55. The molecule has 5 nitrogen and oxygen atoms in total. The Morgan fingerprint density at radius 2 is 2.05 bits per heavy atom. The summed E-state index contributed by atoms with van der Waals surface area (Å²) in [5, 5.41) is 15.9. The molecule has 2 N–H and O–H groups in total. The van der Waals surface area contributed by atoms with E-state index in [0.717, 1.165) is 30.1 Å². The molecule has 0 aliphatic rings. The number of carbonyl (C=O) groups is 1. The van der Waals surface area contributed by atoms with Gasteiger partial charge >= 0.3 is 0 Å². The zero-order chi connectivity index (χ0) is 14.2. The van der Waals surface area contributed by atoms with Crippen molar-refractivity contribution in [2.24, 2.45) is 0 Å². The zero-order valence-electron chi connectivity index (χ0n) is 11.4. The molecule has 0 bridgehead atoms. The Labute approximate surface area is 122 Å². The molecule has 1 amide bonds. The van der Waals surface area contributed by atoms with Crippen molar-refractivity contribution in [3.63, 3.8) is 0 Å². The molecule has 2 rings (SSSR count). The summed E-state index contributed by atoms with van der Waals surface area (Å²) in [4.78, 5) is 12.8. The van der Waals surface area contributed by atoms with Gasteiger partial charge in [-0.3, -0.25) is 4.79 Å². The molecule has 20 heavy (non-hydrogen) atoms. The van der Waals surface area contributed by atoms with E-state index in [4.69, 9.17) is 0 Å². The number of carbonyl (C=O) groups excluding carboxylic acids is 1. The van der Waals surface area contributed by atoms with Crippen molar-refractivity contribution in [3.8, 4) is 0 Å². The van der Waals surface area contributed by atoms with Crippen LogP contribution in [0.4, 0.5) is 11.6 Å². The highest BCUT2D eigenvalue weighted by Gasteiger charge is 2.06. The van der Waals surface area contributed by atoms with Gasteiger partial charge in [-0.2, -0.15) is 0 Å². The molecule has 0 saturated heterocycles. The standard InChI is InChI=1S/C14H18N4OS/c1-2-3-8-15-12-6-7-13(18-17-12)16-14(19)10-11-5-4-9-20-11/h4-7,9H,2-3,8,10H2,1H3,(H,15,17)(H,16,18,19). The van der Waals surface area contributed by atoms with E-state index in [1.807, 2.05) is 23.6 Å². The van der Waals surface area contributed by atoms with Crippen molar-refractivity contribution in [1.29, 1.82) is 0 Å². The van der Waals surface area contributed by atoms with Crippen LogP contribution in [-0.4, -0.2) is 22.6 Å². The molecule has 0 aromatic carbocycles. The molecule has 0 aliphatic heterocycles. The topological polar surface area (TPSA) is 66.9 Å². The summed E-state index contributed by atoms with van der Waals surface area (Å²) in [5.74, 6) is 1.13. The van der Waals surface area contributed by atoms with Crippen LogP contribution in [0.15, 0.2) is 29.6 Å². The average molecular weight is 290 g/mol. The van der Waals surface area contributed by atoms with Crippen molar-refractivity contribution >= 4 is 28.9 Å². The average Bonchev–Trinajstić information content (AvgIpc) is 2.94. The monoisotopic (exact) mass is 290 g/mol. The van der Waals surface area contributed by atoms with Crippen LogP contribution in [0.25, 0.3) is 0 Å². The SMILES string of the molecule is CCCCNc1ccc(NC(=O)Cc2cccs2)nn1. The van der Waals surface area contributed by atoms with Crippen LogP contribution >= 0.6 is 11.3 Å². The van der Waals surface area contributed by atoms with Gasteiger partial charge in [0, 0.05) is 11.4 Å². The van der Waals surface area contributed by atoms with Gasteiger partial charge in [-0.15, -0.1) is 21.5 Å². The minimum absolute atomic E-state index is 0.0755. The van der Waals surface area contributed by atoms with Crippen LogP contribution in [0.5, 0.6) is 0 Å². The van der Waals surface area contributed by atoms with E-state index >= 15 is 0 Å². The van der Waals surface area contributed by atoms with E-state index in [1.165, 1.54) is 0 Å². The zero-order valence-corrected chi connectivity index (χ0v) is 12.2. The van der Waals surface area contributed by atoms with Gasteiger partial charge in [0.25, 0.3) is 0 Å². The minimum atomic E-state index is -0.0755. The van der Waals surface area contributed by atoms with Gasteiger partial charge < -0.3 is 10.6 Å². The lowest BCUT2D eigenvalue weighted by Gasteiger charge is -2.05. The molecule has 0 spiro atoms. The van der Waals surface area contributed by atoms with E-state index < -0.39 is 0 Å². The number of thiophene rings is 1. The second kappa shape index (κ2) is 7.59. The third-order valence-electron chi connectivity index (χ3n) is 2.68. The second-order valence-corrected chi connectivity index (χ2v) is 5.42. The predicted octanol–water partition coefficient (Wildman–Crippen LogP) is 2.93. The summed E-state index contributed by atoms with van der Waals surface area (Å²) in [6, 6.07) is 7.46. The Morgan fingerprint density at radius 3 is 2.70 bits per heavy atom. The molecule has 6 heteroatoms. The molecular formula is C14H18N4OS. The maximum absolute atomic E-state index is 11.8. The lowest BCUT2D eigenvalue weighted by Crippen LogP contribution is -2.15. The Morgan fingerprint density at radius 1 is 1.25 bits per heavy atom. The van der Waals surface area contributed by atoms with E-state index in [9.17, 15) is 4.79 Å². The van der Waals surface area contributed by atoms with Gasteiger partial charge in [-0.1, -0.05) is 19.4 Å². The summed E-state index contributed by atoms with van der Waals surface area (Å²) in [6.07, 6.45) is 2.61. The molecule has 2 heterocycles. The van der Waals surface area contributed by atoms with Crippen molar-refractivity contribution in [2.75, 3.05) is 17.2 Å². The van der Waals surface area contributed by atoms with Gasteiger partial charge in [0.2, 0.25) is 5.91 Å².